The zero-order valence-corrected chi connectivity index (χ0v) is 17.6. The van der Waals surface area contributed by atoms with E-state index in [1.54, 1.807) is 58.8 Å². The van der Waals surface area contributed by atoms with Gasteiger partial charge in [-0.3, -0.25) is 14.4 Å². The third-order valence-corrected chi connectivity index (χ3v) is 5.61. The molecule has 4 aromatic rings. The lowest BCUT2D eigenvalue weighted by Crippen LogP contribution is -2.24. The fraction of sp³-hybridized carbons (Fsp3) is 0.125. The molecule has 0 aliphatic rings. The summed E-state index contributed by atoms with van der Waals surface area (Å²) in [5.41, 5.74) is 1.84. The van der Waals surface area contributed by atoms with E-state index in [0.29, 0.717) is 27.5 Å². The van der Waals surface area contributed by atoms with Gasteiger partial charge in [0.1, 0.15) is 6.54 Å². The first-order valence-corrected chi connectivity index (χ1v) is 10.9. The number of amides is 1. The molecule has 0 bridgehead atoms. The van der Waals surface area contributed by atoms with Crippen LogP contribution in [0.1, 0.15) is 0 Å². The van der Waals surface area contributed by atoms with Gasteiger partial charge in [0.05, 0.1) is 11.0 Å². The Morgan fingerprint density at radius 1 is 0.935 bits per heavy atom. The molecule has 0 radical (unpaired) electrons. The van der Waals surface area contributed by atoms with Gasteiger partial charge >= 0.3 is 5.97 Å². The van der Waals surface area contributed by atoms with Crippen LogP contribution in [0.5, 0.6) is 0 Å². The average molecular weight is 433 g/mol. The van der Waals surface area contributed by atoms with Crippen LogP contribution in [0.4, 0.5) is 5.69 Å². The van der Waals surface area contributed by atoms with Gasteiger partial charge in [-0.15, -0.1) is 11.8 Å². The van der Waals surface area contributed by atoms with Crippen molar-refractivity contribution in [3.05, 3.63) is 83.0 Å². The lowest BCUT2D eigenvalue weighted by molar-refractivity contribution is -0.147. The van der Waals surface area contributed by atoms with Gasteiger partial charge in [0.25, 0.3) is 5.91 Å². The minimum Gasteiger partial charge on any atom is -0.454 e. The number of nitrogens with one attached hydrogen (secondary N) is 1. The monoisotopic (exact) mass is 432 g/mol. The normalized spacial score (nSPS) is 10.9. The average Bonchev–Trinajstić information content (AvgIpc) is 2.80. The molecule has 0 unspecified atom stereocenters. The first kappa shape index (κ1) is 20.7. The molecule has 0 aliphatic heterocycles. The molecule has 3 aromatic carbocycles. The lowest BCUT2D eigenvalue weighted by atomic mass is 10.1. The fourth-order valence-electron chi connectivity index (χ4n) is 3.47. The molecular formula is C24H20N2O4S. The van der Waals surface area contributed by atoms with Gasteiger partial charge in [-0.05, 0) is 48.7 Å². The molecule has 6 nitrogen and oxygen atoms in total. The second kappa shape index (κ2) is 9.06. The minimum atomic E-state index is -0.563. The van der Waals surface area contributed by atoms with Crippen molar-refractivity contribution < 1.29 is 14.3 Å². The molecule has 0 saturated heterocycles. The van der Waals surface area contributed by atoms with Gasteiger partial charge in [0.15, 0.2) is 12.0 Å². The van der Waals surface area contributed by atoms with Gasteiger partial charge in [-0.1, -0.05) is 30.3 Å². The maximum atomic E-state index is 12.8. The van der Waals surface area contributed by atoms with Crippen molar-refractivity contribution in [2.75, 3.05) is 18.2 Å². The number of carbonyl (C=O) groups excluding carboxylic acids is 2. The highest BCUT2D eigenvalue weighted by atomic mass is 32.2. The highest BCUT2D eigenvalue weighted by Crippen LogP contribution is 2.20. The smallest absolute Gasteiger partial charge is 0.326 e. The summed E-state index contributed by atoms with van der Waals surface area (Å²) in [5, 5.41) is 3.78. The van der Waals surface area contributed by atoms with E-state index in [-0.39, 0.29) is 12.0 Å². The number of thioether (sulfide) groups is 1. The molecule has 0 fully saturated rings. The third kappa shape index (κ3) is 4.46. The van der Waals surface area contributed by atoms with E-state index in [1.165, 1.54) is 0 Å². The summed E-state index contributed by atoms with van der Waals surface area (Å²) in [6, 6.07) is 21.7. The van der Waals surface area contributed by atoms with Crippen LogP contribution < -0.4 is 10.7 Å². The Kier molecular flexibility index (Phi) is 6.04. The number of fused-ring (bicyclic) bond motifs is 2. The summed E-state index contributed by atoms with van der Waals surface area (Å²) in [6.45, 7) is -0.505. The molecule has 0 aliphatic carbocycles. The predicted octanol–water partition coefficient (Wildman–Crippen LogP) is 4.06. The number of rotatable bonds is 6. The molecule has 4 rings (SSSR count). The standard InChI is InChI=1S/C24H20N2O4S/c1-31-17-8-6-7-16(13-17)25-22(27)15-30-23(28)14-26-20-11-4-2-9-18(20)24(29)19-10-3-5-12-21(19)26/h2-13H,14-15H2,1H3,(H,25,27). The Morgan fingerprint density at radius 2 is 1.58 bits per heavy atom. The molecule has 0 atom stereocenters. The van der Waals surface area contributed by atoms with Crippen LogP contribution in [0.3, 0.4) is 0 Å². The maximum absolute atomic E-state index is 12.8. The summed E-state index contributed by atoms with van der Waals surface area (Å²) < 4.78 is 6.95. The number of anilines is 1. The summed E-state index contributed by atoms with van der Waals surface area (Å²) >= 11 is 1.57. The van der Waals surface area contributed by atoms with Crippen molar-refractivity contribution >= 4 is 51.1 Å². The molecule has 156 valence electrons. The number of pyridine rings is 1. The van der Waals surface area contributed by atoms with Crippen molar-refractivity contribution in [3.63, 3.8) is 0 Å². The Balaban J connectivity index is 1.51. The fourth-order valence-corrected chi connectivity index (χ4v) is 3.93. The van der Waals surface area contributed by atoms with Gasteiger partial charge in [0.2, 0.25) is 0 Å². The first-order valence-electron chi connectivity index (χ1n) is 9.66. The molecular weight excluding hydrogens is 412 g/mol. The number of aromatic nitrogens is 1. The summed E-state index contributed by atoms with van der Waals surface area (Å²) in [5.74, 6) is -0.979. The number of ether oxygens (including phenoxy) is 1. The first-order chi connectivity index (χ1) is 15.1. The number of hydrogen-bond acceptors (Lipinski definition) is 5. The second-order valence-corrected chi connectivity index (χ2v) is 7.77. The van der Waals surface area contributed by atoms with Gasteiger partial charge in [-0.25, -0.2) is 0 Å². The van der Waals surface area contributed by atoms with Crippen molar-refractivity contribution in [1.29, 1.82) is 0 Å². The number of hydrogen-bond donors (Lipinski definition) is 1. The van der Waals surface area contributed by atoms with Crippen molar-refractivity contribution in [2.45, 2.75) is 11.4 Å². The summed E-state index contributed by atoms with van der Waals surface area (Å²) in [6.07, 6.45) is 1.95. The topological polar surface area (TPSA) is 77.4 Å². The van der Waals surface area contributed by atoms with Crippen molar-refractivity contribution in [1.82, 2.24) is 4.57 Å². The molecule has 1 aromatic heterocycles. The van der Waals surface area contributed by atoms with Crippen LogP contribution in [0.15, 0.2) is 82.5 Å². The van der Waals surface area contributed by atoms with E-state index in [2.05, 4.69) is 5.32 Å². The number of carbonyl (C=O) groups is 2. The number of nitrogens with zero attached hydrogens (tertiary/aromatic N) is 1. The minimum absolute atomic E-state index is 0.0809. The number of para-hydroxylation sites is 2. The SMILES string of the molecule is CSc1cccc(NC(=O)COC(=O)Cn2c3ccccc3c(=O)c3ccccc32)c1. The van der Waals surface area contributed by atoms with E-state index in [0.717, 1.165) is 4.90 Å². The van der Waals surface area contributed by atoms with Crippen LogP contribution in [-0.4, -0.2) is 29.3 Å². The Morgan fingerprint density at radius 3 is 2.23 bits per heavy atom. The molecule has 0 spiro atoms. The highest BCUT2D eigenvalue weighted by Gasteiger charge is 2.14. The Bertz CT molecular complexity index is 1290. The van der Waals surface area contributed by atoms with E-state index >= 15 is 0 Å². The molecule has 1 N–H and O–H groups in total. The van der Waals surface area contributed by atoms with E-state index in [4.69, 9.17) is 4.74 Å². The quantitative estimate of drug-likeness (QED) is 0.282. The van der Waals surface area contributed by atoms with Crippen LogP contribution in [0.25, 0.3) is 21.8 Å². The van der Waals surface area contributed by atoms with Crippen LogP contribution >= 0.6 is 11.8 Å². The highest BCUT2D eigenvalue weighted by molar-refractivity contribution is 7.98. The molecule has 31 heavy (non-hydrogen) atoms. The second-order valence-electron chi connectivity index (χ2n) is 6.89. The number of esters is 1. The molecule has 1 amide bonds. The van der Waals surface area contributed by atoms with Gasteiger partial charge in [0, 0.05) is 21.4 Å². The van der Waals surface area contributed by atoms with Crippen LogP contribution in [0.2, 0.25) is 0 Å². The van der Waals surface area contributed by atoms with Crippen molar-refractivity contribution in [3.8, 4) is 0 Å². The summed E-state index contributed by atoms with van der Waals surface area (Å²) in [4.78, 5) is 38.5. The zero-order chi connectivity index (χ0) is 21.8. The van der Waals surface area contributed by atoms with E-state index in [1.807, 2.05) is 36.6 Å². The molecule has 7 heteroatoms. The predicted molar refractivity (Wildman–Crippen MR) is 124 cm³/mol. The largest absolute Gasteiger partial charge is 0.454 e. The number of benzene rings is 3. The summed E-state index contributed by atoms with van der Waals surface area (Å²) in [7, 11) is 0. The van der Waals surface area contributed by atoms with Crippen LogP contribution in [-0.2, 0) is 20.9 Å². The van der Waals surface area contributed by atoms with Gasteiger partial charge in [-0.2, -0.15) is 0 Å². The zero-order valence-electron chi connectivity index (χ0n) is 16.8. The Hall–Kier alpha value is -3.58. The third-order valence-electron chi connectivity index (χ3n) is 4.88. The maximum Gasteiger partial charge on any atom is 0.326 e. The lowest BCUT2D eigenvalue weighted by Gasteiger charge is -2.14. The molecule has 0 saturated carbocycles. The van der Waals surface area contributed by atoms with Gasteiger partial charge < -0.3 is 14.6 Å². The van der Waals surface area contributed by atoms with E-state index in [9.17, 15) is 14.4 Å². The Labute approximate surface area is 182 Å². The molecule has 1 heterocycles. The van der Waals surface area contributed by atoms with Crippen LogP contribution in [0, 0.1) is 0 Å². The van der Waals surface area contributed by atoms with Crippen molar-refractivity contribution in [2.24, 2.45) is 0 Å². The van der Waals surface area contributed by atoms with E-state index < -0.39 is 18.5 Å².